The Morgan fingerprint density at radius 1 is 0.865 bits per heavy atom. The second kappa shape index (κ2) is 13.1. The highest BCUT2D eigenvalue weighted by atomic mass is 32.2. The average Bonchev–Trinajstić information content (AvgIpc) is 2.92. The van der Waals surface area contributed by atoms with Crippen molar-refractivity contribution in [3.63, 3.8) is 0 Å². The van der Waals surface area contributed by atoms with E-state index in [1.54, 1.807) is 48.5 Å². The summed E-state index contributed by atoms with van der Waals surface area (Å²) in [5, 5.41) is 2.90. The molecule has 0 heterocycles. The number of sulfonamides is 1. The van der Waals surface area contributed by atoms with E-state index in [0.29, 0.717) is 18.7 Å². The van der Waals surface area contributed by atoms with Crippen LogP contribution in [0.1, 0.15) is 37.8 Å². The number of carbonyl (C=O) groups excluding carboxylic acids is 2. The summed E-state index contributed by atoms with van der Waals surface area (Å²) in [5.74, 6) is -0.700. The van der Waals surface area contributed by atoms with Crippen molar-refractivity contribution in [1.29, 1.82) is 0 Å². The maximum atomic E-state index is 13.9. The van der Waals surface area contributed by atoms with Crippen LogP contribution in [0, 0.1) is 6.92 Å². The van der Waals surface area contributed by atoms with Gasteiger partial charge in [-0.25, -0.2) is 8.42 Å². The number of benzene rings is 3. The van der Waals surface area contributed by atoms with Crippen LogP contribution in [0.4, 0.5) is 5.69 Å². The first-order chi connectivity index (χ1) is 17.8. The SMILES string of the molecule is CCCNC(=O)[C@@H](CC)N(Cc1ccccc1C)C(=O)CN(c1ccccc1)S(=O)(=O)c1ccccc1. The molecule has 7 nitrogen and oxygen atoms in total. The molecular weight excluding hydrogens is 486 g/mol. The fraction of sp³-hybridized carbons (Fsp3) is 0.310. The molecule has 0 fully saturated rings. The molecule has 0 saturated heterocycles. The van der Waals surface area contributed by atoms with Crippen molar-refractivity contribution in [2.75, 3.05) is 17.4 Å². The van der Waals surface area contributed by atoms with Gasteiger partial charge in [0.15, 0.2) is 0 Å². The van der Waals surface area contributed by atoms with Gasteiger partial charge in [0.25, 0.3) is 10.0 Å². The van der Waals surface area contributed by atoms with Crippen LogP contribution >= 0.6 is 0 Å². The first-order valence-electron chi connectivity index (χ1n) is 12.5. The highest BCUT2D eigenvalue weighted by molar-refractivity contribution is 7.92. The lowest BCUT2D eigenvalue weighted by Crippen LogP contribution is -2.52. The monoisotopic (exact) mass is 521 g/mol. The number of hydrogen-bond acceptors (Lipinski definition) is 4. The minimum atomic E-state index is -4.05. The van der Waals surface area contributed by atoms with E-state index in [2.05, 4.69) is 5.32 Å². The summed E-state index contributed by atoms with van der Waals surface area (Å²) in [5.41, 5.74) is 2.26. The predicted octanol–water partition coefficient (Wildman–Crippen LogP) is 4.52. The summed E-state index contributed by atoms with van der Waals surface area (Å²) in [6.45, 7) is 6.02. The van der Waals surface area contributed by atoms with Gasteiger partial charge in [0.05, 0.1) is 10.6 Å². The lowest BCUT2D eigenvalue weighted by molar-refractivity contribution is -0.140. The van der Waals surface area contributed by atoms with Gasteiger partial charge in [0.1, 0.15) is 12.6 Å². The van der Waals surface area contributed by atoms with Gasteiger partial charge in [0, 0.05) is 13.1 Å². The van der Waals surface area contributed by atoms with Gasteiger partial charge in [-0.15, -0.1) is 0 Å². The Kier molecular flexibility index (Phi) is 9.85. The summed E-state index contributed by atoms with van der Waals surface area (Å²) in [6, 6.07) is 23.5. The molecule has 0 aliphatic heterocycles. The highest BCUT2D eigenvalue weighted by Crippen LogP contribution is 2.24. The molecule has 0 aromatic heterocycles. The molecule has 0 aliphatic rings. The molecule has 1 N–H and O–H groups in total. The number of amides is 2. The highest BCUT2D eigenvalue weighted by Gasteiger charge is 2.33. The molecule has 8 heteroatoms. The Morgan fingerprint density at radius 2 is 1.46 bits per heavy atom. The molecule has 196 valence electrons. The third-order valence-electron chi connectivity index (χ3n) is 6.19. The van der Waals surface area contributed by atoms with Crippen LogP contribution < -0.4 is 9.62 Å². The molecule has 3 aromatic rings. The van der Waals surface area contributed by atoms with Gasteiger partial charge in [0.2, 0.25) is 11.8 Å². The van der Waals surface area contributed by atoms with Gasteiger partial charge in [-0.05, 0) is 55.2 Å². The van der Waals surface area contributed by atoms with Crippen molar-refractivity contribution in [3.8, 4) is 0 Å². The predicted molar refractivity (Wildman–Crippen MR) is 147 cm³/mol. The van der Waals surface area contributed by atoms with Crippen LogP contribution in [-0.4, -0.2) is 44.3 Å². The Bertz CT molecular complexity index is 1280. The molecule has 2 amide bonds. The minimum absolute atomic E-state index is 0.0878. The summed E-state index contributed by atoms with van der Waals surface area (Å²) in [7, 11) is -4.05. The Morgan fingerprint density at radius 3 is 2.05 bits per heavy atom. The molecule has 0 radical (unpaired) electrons. The van der Waals surface area contributed by atoms with Crippen molar-refractivity contribution in [1.82, 2.24) is 10.2 Å². The summed E-state index contributed by atoms with van der Waals surface area (Å²) < 4.78 is 28.5. The lowest BCUT2D eigenvalue weighted by atomic mass is 10.1. The zero-order valence-corrected chi connectivity index (χ0v) is 22.4. The smallest absolute Gasteiger partial charge is 0.264 e. The number of nitrogens with zero attached hydrogens (tertiary/aromatic N) is 2. The fourth-order valence-electron chi connectivity index (χ4n) is 4.10. The van der Waals surface area contributed by atoms with Crippen molar-refractivity contribution >= 4 is 27.5 Å². The normalized spacial score (nSPS) is 12.0. The van der Waals surface area contributed by atoms with Gasteiger partial charge in [-0.3, -0.25) is 13.9 Å². The van der Waals surface area contributed by atoms with Gasteiger partial charge in [-0.2, -0.15) is 0 Å². The molecule has 0 bridgehead atoms. The number of carbonyl (C=O) groups is 2. The Balaban J connectivity index is 2.02. The third kappa shape index (κ3) is 6.98. The lowest BCUT2D eigenvalue weighted by Gasteiger charge is -2.33. The minimum Gasteiger partial charge on any atom is -0.354 e. The van der Waals surface area contributed by atoms with Gasteiger partial charge < -0.3 is 10.2 Å². The van der Waals surface area contributed by atoms with E-state index >= 15 is 0 Å². The number of anilines is 1. The van der Waals surface area contributed by atoms with E-state index in [4.69, 9.17) is 0 Å². The number of aryl methyl sites for hydroxylation is 1. The molecular formula is C29H35N3O4S. The van der Waals surface area contributed by atoms with E-state index < -0.39 is 28.5 Å². The Hall–Kier alpha value is -3.65. The van der Waals surface area contributed by atoms with Crippen molar-refractivity contribution in [2.24, 2.45) is 0 Å². The van der Waals surface area contributed by atoms with E-state index in [-0.39, 0.29) is 17.3 Å². The summed E-state index contributed by atoms with van der Waals surface area (Å²) >= 11 is 0. The van der Waals surface area contributed by atoms with Gasteiger partial charge >= 0.3 is 0 Å². The second-order valence-corrected chi connectivity index (χ2v) is 10.7. The number of nitrogens with one attached hydrogen (secondary N) is 1. The third-order valence-corrected chi connectivity index (χ3v) is 7.98. The molecule has 0 saturated carbocycles. The topological polar surface area (TPSA) is 86.8 Å². The molecule has 1 atom stereocenters. The van der Waals surface area contributed by atoms with Gasteiger partial charge in [-0.1, -0.05) is 74.5 Å². The number of rotatable bonds is 12. The number of hydrogen-bond donors (Lipinski definition) is 1. The molecule has 3 aromatic carbocycles. The number of para-hydroxylation sites is 1. The zero-order chi connectivity index (χ0) is 26.8. The standard InChI is InChI=1S/C29H35N3O4S/c1-4-20-30-29(34)27(5-2)31(21-24-15-13-12-14-23(24)3)28(33)22-32(25-16-8-6-9-17-25)37(35,36)26-18-10-7-11-19-26/h6-19,27H,4-5,20-22H2,1-3H3,(H,30,34)/t27-/m1/s1. The summed E-state index contributed by atoms with van der Waals surface area (Å²) in [4.78, 5) is 28.6. The fourth-order valence-corrected chi connectivity index (χ4v) is 5.53. The average molecular weight is 522 g/mol. The Labute approximate surface area is 220 Å². The summed E-state index contributed by atoms with van der Waals surface area (Å²) in [6.07, 6.45) is 1.16. The molecule has 0 unspecified atom stereocenters. The first-order valence-corrected chi connectivity index (χ1v) is 14.0. The van der Waals surface area contributed by atoms with E-state index in [0.717, 1.165) is 21.9 Å². The van der Waals surface area contributed by atoms with E-state index in [1.807, 2.05) is 45.0 Å². The van der Waals surface area contributed by atoms with Crippen LogP contribution in [0.25, 0.3) is 0 Å². The molecule has 0 aliphatic carbocycles. The maximum Gasteiger partial charge on any atom is 0.264 e. The maximum absolute atomic E-state index is 13.9. The first kappa shape index (κ1) is 27.9. The second-order valence-electron chi connectivity index (χ2n) is 8.82. The van der Waals surface area contributed by atoms with Crippen molar-refractivity contribution in [3.05, 3.63) is 96.1 Å². The van der Waals surface area contributed by atoms with Crippen LogP contribution in [0.2, 0.25) is 0 Å². The van der Waals surface area contributed by atoms with Crippen molar-refractivity contribution < 1.29 is 18.0 Å². The molecule has 37 heavy (non-hydrogen) atoms. The largest absolute Gasteiger partial charge is 0.354 e. The van der Waals surface area contributed by atoms with Crippen LogP contribution in [0.3, 0.4) is 0 Å². The van der Waals surface area contributed by atoms with Crippen LogP contribution in [0.5, 0.6) is 0 Å². The molecule has 0 spiro atoms. The van der Waals surface area contributed by atoms with Crippen LogP contribution in [-0.2, 0) is 26.2 Å². The zero-order valence-electron chi connectivity index (χ0n) is 21.6. The molecule has 3 rings (SSSR count). The van der Waals surface area contributed by atoms with Crippen molar-refractivity contribution in [2.45, 2.75) is 51.1 Å². The van der Waals surface area contributed by atoms with E-state index in [1.165, 1.54) is 17.0 Å². The quantitative estimate of drug-likeness (QED) is 0.380. The van der Waals surface area contributed by atoms with E-state index in [9.17, 15) is 18.0 Å². The van der Waals surface area contributed by atoms with Crippen LogP contribution in [0.15, 0.2) is 89.8 Å².